The summed E-state index contributed by atoms with van der Waals surface area (Å²) in [5.74, 6) is -3.64. The minimum Gasteiger partial charge on any atom is -0.479 e. The number of carbonyl (C=O) groups is 3. The minimum atomic E-state index is -2.49. The summed E-state index contributed by atoms with van der Waals surface area (Å²) in [6, 6.07) is 6.96. The van der Waals surface area contributed by atoms with Crippen LogP contribution in [0.25, 0.3) is 0 Å². The Hall–Kier alpha value is -2.25. The Bertz CT molecular complexity index is 501. The highest BCUT2D eigenvalue weighted by Gasteiger charge is 2.49. The summed E-state index contributed by atoms with van der Waals surface area (Å²) in [6.45, 7) is 0.874. The lowest BCUT2D eigenvalue weighted by atomic mass is 9.88. The van der Waals surface area contributed by atoms with Crippen molar-refractivity contribution in [2.24, 2.45) is 11.5 Å². The molecule has 0 aliphatic carbocycles. The fourth-order valence-electron chi connectivity index (χ4n) is 1.51. The predicted octanol–water partition coefficient (Wildman–Crippen LogP) is -0.572. The standard InChI is InChI=1S/C13H16N2O5/c1-8(16)13(15,12(18)19)10(14)11(17)20-7-9-5-3-2-4-6-9/h2-6,10H,7,14-15H2,1H3,(H,18,19). The lowest BCUT2D eigenvalue weighted by molar-refractivity contribution is -0.158. The van der Waals surface area contributed by atoms with Crippen LogP contribution in [0.2, 0.25) is 0 Å². The zero-order valence-electron chi connectivity index (χ0n) is 10.9. The molecule has 0 aliphatic rings. The Morgan fingerprint density at radius 2 is 1.85 bits per heavy atom. The Kier molecular flexibility index (Phi) is 4.95. The third-order valence-corrected chi connectivity index (χ3v) is 2.90. The highest BCUT2D eigenvalue weighted by atomic mass is 16.5. The van der Waals surface area contributed by atoms with Gasteiger partial charge < -0.3 is 21.3 Å². The van der Waals surface area contributed by atoms with Gasteiger partial charge in [-0.3, -0.25) is 9.59 Å². The molecule has 0 saturated carbocycles. The quantitative estimate of drug-likeness (QED) is 0.469. The van der Waals surface area contributed by atoms with Gasteiger partial charge in [0.15, 0.2) is 11.3 Å². The molecule has 5 N–H and O–H groups in total. The summed E-state index contributed by atoms with van der Waals surface area (Å²) in [5, 5.41) is 8.97. The van der Waals surface area contributed by atoms with Crippen LogP contribution in [0.4, 0.5) is 0 Å². The molecule has 7 nitrogen and oxygen atoms in total. The summed E-state index contributed by atoms with van der Waals surface area (Å²) in [5.41, 5.74) is 9.09. The molecule has 2 atom stereocenters. The number of benzene rings is 1. The third-order valence-electron chi connectivity index (χ3n) is 2.90. The summed E-state index contributed by atoms with van der Waals surface area (Å²) in [4.78, 5) is 34.1. The second-order valence-electron chi connectivity index (χ2n) is 4.30. The molecule has 20 heavy (non-hydrogen) atoms. The summed E-state index contributed by atoms with van der Waals surface area (Å²) in [7, 11) is 0. The topological polar surface area (TPSA) is 133 Å². The van der Waals surface area contributed by atoms with Crippen LogP contribution < -0.4 is 11.5 Å². The predicted molar refractivity (Wildman–Crippen MR) is 69.4 cm³/mol. The molecule has 0 amide bonds. The van der Waals surface area contributed by atoms with Gasteiger partial charge in [-0.2, -0.15) is 0 Å². The first-order valence-electron chi connectivity index (χ1n) is 5.79. The largest absolute Gasteiger partial charge is 0.479 e. The molecular weight excluding hydrogens is 264 g/mol. The number of hydrogen-bond acceptors (Lipinski definition) is 6. The van der Waals surface area contributed by atoms with Crippen LogP contribution in [0, 0.1) is 0 Å². The number of Topliss-reactive ketones (excluding diaryl/α,β-unsaturated/α-hetero) is 1. The number of carboxylic acids is 1. The summed E-state index contributed by atoms with van der Waals surface area (Å²) < 4.78 is 4.88. The van der Waals surface area contributed by atoms with Crippen LogP contribution >= 0.6 is 0 Å². The van der Waals surface area contributed by atoms with Crippen molar-refractivity contribution in [3.8, 4) is 0 Å². The average molecular weight is 280 g/mol. The van der Waals surface area contributed by atoms with Crippen LogP contribution in [-0.4, -0.2) is 34.4 Å². The molecule has 1 aromatic carbocycles. The van der Waals surface area contributed by atoms with Gasteiger partial charge in [0.1, 0.15) is 12.6 Å². The highest BCUT2D eigenvalue weighted by molar-refractivity contribution is 6.11. The van der Waals surface area contributed by atoms with Crippen molar-refractivity contribution in [1.29, 1.82) is 0 Å². The molecule has 0 heterocycles. The first kappa shape index (κ1) is 15.8. The molecule has 1 rings (SSSR count). The van der Waals surface area contributed by atoms with E-state index in [0.717, 1.165) is 6.92 Å². The highest BCUT2D eigenvalue weighted by Crippen LogP contribution is 2.11. The van der Waals surface area contributed by atoms with Crippen LogP contribution in [-0.2, 0) is 25.7 Å². The molecule has 0 aliphatic heterocycles. The van der Waals surface area contributed by atoms with Crippen LogP contribution in [0.5, 0.6) is 0 Å². The fraction of sp³-hybridized carbons (Fsp3) is 0.308. The fourth-order valence-corrected chi connectivity index (χ4v) is 1.51. The monoisotopic (exact) mass is 280 g/mol. The Morgan fingerprint density at radius 3 is 2.30 bits per heavy atom. The minimum absolute atomic E-state index is 0.0824. The van der Waals surface area contributed by atoms with Crippen molar-refractivity contribution in [2.45, 2.75) is 25.1 Å². The van der Waals surface area contributed by atoms with E-state index < -0.39 is 29.3 Å². The number of carboxylic acid groups (broad SMARTS) is 1. The lowest BCUT2D eigenvalue weighted by Gasteiger charge is -2.26. The molecular formula is C13H16N2O5. The molecule has 0 aromatic heterocycles. The van der Waals surface area contributed by atoms with Gasteiger partial charge in [0.25, 0.3) is 0 Å². The maximum absolute atomic E-state index is 11.7. The Morgan fingerprint density at radius 1 is 1.30 bits per heavy atom. The average Bonchev–Trinajstić information content (AvgIpc) is 2.43. The molecule has 2 unspecified atom stereocenters. The Balaban J connectivity index is 2.76. The molecule has 0 bridgehead atoms. The molecule has 0 spiro atoms. The first-order chi connectivity index (χ1) is 9.30. The lowest BCUT2D eigenvalue weighted by Crippen LogP contribution is -2.68. The smallest absolute Gasteiger partial charge is 0.333 e. The van der Waals surface area contributed by atoms with Crippen molar-refractivity contribution in [3.05, 3.63) is 35.9 Å². The molecule has 0 fully saturated rings. The zero-order valence-corrected chi connectivity index (χ0v) is 10.9. The number of ketones is 1. The number of ether oxygens (including phenoxy) is 1. The number of aliphatic carboxylic acids is 1. The molecule has 0 saturated heterocycles. The van der Waals surface area contributed by atoms with E-state index in [0.29, 0.717) is 5.56 Å². The molecule has 108 valence electrons. The number of rotatable bonds is 6. The SMILES string of the molecule is CC(=O)C(N)(C(=O)O)C(N)C(=O)OCc1ccccc1. The van der Waals surface area contributed by atoms with Crippen molar-refractivity contribution in [3.63, 3.8) is 0 Å². The maximum atomic E-state index is 11.7. The number of nitrogens with two attached hydrogens (primary N) is 2. The van der Waals surface area contributed by atoms with Gasteiger partial charge in [-0.1, -0.05) is 30.3 Å². The zero-order chi connectivity index (χ0) is 15.3. The van der Waals surface area contributed by atoms with Gasteiger partial charge in [0.2, 0.25) is 0 Å². The van der Waals surface area contributed by atoms with Crippen molar-refractivity contribution >= 4 is 17.7 Å². The number of esters is 1. The van der Waals surface area contributed by atoms with E-state index in [1.807, 2.05) is 0 Å². The molecule has 0 radical (unpaired) electrons. The van der Waals surface area contributed by atoms with Crippen LogP contribution in [0.1, 0.15) is 12.5 Å². The van der Waals surface area contributed by atoms with Crippen molar-refractivity contribution in [2.75, 3.05) is 0 Å². The van der Waals surface area contributed by atoms with E-state index in [4.69, 9.17) is 21.3 Å². The van der Waals surface area contributed by atoms with E-state index in [-0.39, 0.29) is 6.61 Å². The van der Waals surface area contributed by atoms with Gasteiger partial charge in [-0.15, -0.1) is 0 Å². The van der Waals surface area contributed by atoms with E-state index in [9.17, 15) is 14.4 Å². The van der Waals surface area contributed by atoms with Gasteiger partial charge in [-0.05, 0) is 12.5 Å². The maximum Gasteiger partial charge on any atom is 0.333 e. The van der Waals surface area contributed by atoms with Crippen molar-refractivity contribution in [1.82, 2.24) is 0 Å². The van der Waals surface area contributed by atoms with E-state index in [2.05, 4.69) is 0 Å². The second-order valence-corrected chi connectivity index (χ2v) is 4.30. The number of carbonyl (C=O) groups excluding carboxylic acids is 2. The van der Waals surface area contributed by atoms with E-state index in [1.165, 1.54) is 0 Å². The van der Waals surface area contributed by atoms with Crippen LogP contribution in [0.3, 0.4) is 0 Å². The van der Waals surface area contributed by atoms with Gasteiger partial charge >= 0.3 is 11.9 Å². The molecule has 7 heteroatoms. The molecule has 1 aromatic rings. The third kappa shape index (κ3) is 3.19. The Labute approximate surface area is 115 Å². The van der Waals surface area contributed by atoms with Crippen LogP contribution in [0.15, 0.2) is 30.3 Å². The second kappa shape index (κ2) is 6.27. The summed E-state index contributed by atoms with van der Waals surface area (Å²) >= 11 is 0. The first-order valence-corrected chi connectivity index (χ1v) is 5.79. The number of hydrogen-bond donors (Lipinski definition) is 3. The van der Waals surface area contributed by atoms with Crippen molar-refractivity contribution < 1.29 is 24.2 Å². The normalized spacial score (nSPS) is 14.9. The van der Waals surface area contributed by atoms with Gasteiger partial charge in [0, 0.05) is 0 Å². The van der Waals surface area contributed by atoms with E-state index in [1.54, 1.807) is 30.3 Å². The summed E-state index contributed by atoms with van der Waals surface area (Å²) in [6.07, 6.45) is 0. The van der Waals surface area contributed by atoms with E-state index >= 15 is 0 Å². The van der Waals surface area contributed by atoms with Gasteiger partial charge in [0.05, 0.1) is 0 Å². The van der Waals surface area contributed by atoms with Gasteiger partial charge in [-0.25, -0.2) is 4.79 Å².